The van der Waals surface area contributed by atoms with E-state index in [0.29, 0.717) is 23.5 Å². The quantitative estimate of drug-likeness (QED) is 0.753. The Balaban J connectivity index is 1.79. The van der Waals surface area contributed by atoms with Crippen molar-refractivity contribution in [1.29, 1.82) is 0 Å². The summed E-state index contributed by atoms with van der Waals surface area (Å²) in [5.41, 5.74) is 4.03. The van der Waals surface area contributed by atoms with E-state index in [9.17, 15) is 13.9 Å². The third-order valence-corrected chi connectivity index (χ3v) is 4.36. The molecule has 0 spiro atoms. The number of hydrogen-bond donors (Lipinski definition) is 1. The molecule has 3 aromatic rings. The van der Waals surface area contributed by atoms with Gasteiger partial charge in [-0.2, -0.15) is 0 Å². The highest BCUT2D eigenvalue weighted by Gasteiger charge is 2.18. The minimum Gasteiger partial charge on any atom is -0.454 e. The number of ether oxygens (including phenoxy) is 2. The van der Waals surface area contributed by atoms with Crippen LogP contribution < -0.4 is 9.47 Å². The summed E-state index contributed by atoms with van der Waals surface area (Å²) in [6.07, 6.45) is 0.350. The van der Waals surface area contributed by atoms with Crippen molar-refractivity contribution in [2.75, 3.05) is 6.79 Å². The highest BCUT2D eigenvalue weighted by atomic mass is 19.1. The first-order chi connectivity index (χ1) is 12.6. The van der Waals surface area contributed by atoms with Crippen LogP contribution in [0.15, 0.2) is 54.6 Å². The molecule has 0 radical (unpaired) electrons. The summed E-state index contributed by atoms with van der Waals surface area (Å²) in [6, 6.07) is 14.7. The predicted molar refractivity (Wildman–Crippen MR) is 93.1 cm³/mol. The summed E-state index contributed by atoms with van der Waals surface area (Å²) < 4.78 is 38.0. The van der Waals surface area contributed by atoms with E-state index in [-0.39, 0.29) is 13.4 Å². The Morgan fingerprint density at radius 2 is 1.46 bits per heavy atom. The molecule has 0 aromatic heterocycles. The van der Waals surface area contributed by atoms with E-state index in [1.165, 1.54) is 12.1 Å². The van der Waals surface area contributed by atoms with E-state index in [2.05, 4.69) is 0 Å². The van der Waals surface area contributed by atoms with Crippen molar-refractivity contribution in [2.24, 2.45) is 0 Å². The number of aliphatic hydroxyl groups excluding tert-OH is 1. The molecule has 0 aliphatic carbocycles. The molecule has 3 nitrogen and oxygen atoms in total. The Morgan fingerprint density at radius 1 is 0.808 bits per heavy atom. The molecule has 5 heteroatoms. The van der Waals surface area contributed by atoms with Crippen LogP contribution >= 0.6 is 0 Å². The molecule has 0 fully saturated rings. The lowest BCUT2D eigenvalue weighted by molar-refractivity contribution is 0.174. The van der Waals surface area contributed by atoms with Crippen LogP contribution in [0, 0.1) is 11.6 Å². The summed E-state index contributed by atoms with van der Waals surface area (Å²) in [5.74, 6) is 0.0530. The zero-order valence-electron chi connectivity index (χ0n) is 13.8. The van der Waals surface area contributed by atoms with Crippen molar-refractivity contribution in [1.82, 2.24) is 0 Å². The van der Waals surface area contributed by atoms with Crippen LogP contribution in [0.1, 0.15) is 16.7 Å². The summed E-state index contributed by atoms with van der Waals surface area (Å²) in [6.45, 7) is 0.118. The van der Waals surface area contributed by atoms with Crippen LogP contribution in [0.5, 0.6) is 11.5 Å². The van der Waals surface area contributed by atoms with E-state index in [4.69, 9.17) is 9.47 Å². The number of aliphatic hydroxyl groups is 1. The fourth-order valence-electron chi connectivity index (χ4n) is 3.12. The molecule has 0 unspecified atom stereocenters. The Labute approximate surface area is 149 Å². The predicted octanol–water partition coefficient (Wildman–Crippen LogP) is 4.44. The number of rotatable bonds is 4. The van der Waals surface area contributed by atoms with Gasteiger partial charge >= 0.3 is 0 Å². The van der Waals surface area contributed by atoms with Gasteiger partial charge in [0.15, 0.2) is 11.5 Å². The number of benzene rings is 3. The number of hydrogen-bond acceptors (Lipinski definition) is 3. The van der Waals surface area contributed by atoms with Crippen molar-refractivity contribution in [2.45, 2.75) is 13.0 Å². The number of halogens is 2. The van der Waals surface area contributed by atoms with Crippen LogP contribution in [0.3, 0.4) is 0 Å². The van der Waals surface area contributed by atoms with E-state index in [1.807, 2.05) is 36.4 Å². The van der Waals surface area contributed by atoms with Crippen molar-refractivity contribution in [3.05, 3.63) is 82.9 Å². The molecule has 1 aliphatic rings. The second kappa shape index (κ2) is 6.77. The van der Waals surface area contributed by atoms with Crippen LogP contribution in [0.2, 0.25) is 0 Å². The molecule has 0 atom stereocenters. The van der Waals surface area contributed by atoms with Crippen molar-refractivity contribution in [3.8, 4) is 22.6 Å². The summed E-state index contributed by atoms with van der Waals surface area (Å²) in [7, 11) is 0. The van der Waals surface area contributed by atoms with Gasteiger partial charge in [0.1, 0.15) is 11.6 Å². The van der Waals surface area contributed by atoms with Gasteiger partial charge in [-0.05, 0) is 58.5 Å². The Kier molecular flexibility index (Phi) is 4.31. The van der Waals surface area contributed by atoms with Crippen LogP contribution in [0.4, 0.5) is 8.78 Å². The minimum atomic E-state index is -0.602. The first kappa shape index (κ1) is 16.5. The van der Waals surface area contributed by atoms with Gasteiger partial charge in [0.25, 0.3) is 0 Å². The van der Waals surface area contributed by atoms with Crippen LogP contribution in [0.25, 0.3) is 11.1 Å². The molecule has 0 saturated heterocycles. The van der Waals surface area contributed by atoms with Gasteiger partial charge < -0.3 is 14.6 Å². The van der Waals surface area contributed by atoms with Gasteiger partial charge in [-0.25, -0.2) is 8.78 Å². The van der Waals surface area contributed by atoms with Crippen molar-refractivity contribution in [3.63, 3.8) is 0 Å². The Bertz CT molecular complexity index is 932. The largest absolute Gasteiger partial charge is 0.454 e. The van der Waals surface area contributed by atoms with Gasteiger partial charge in [-0.15, -0.1) is 0 Å². The Hall–Kier alpha value is -2.92. The fraction of sp³-hybridized carbons (Fsp3) is 0.143. The average molecular weight is 354 g/mol. The smallest absolute Gasteiger partial charge is 0.231 e. The SMILES string of the molecule is OCc1ccc(-c2cc3c(cc2Cc2cc(F)cc(F)c2)OCO3)cc1. The molecular weight excluding hydrogens is 338 g/mol. The second-order valence-corrected chi connectivity index (χ2v) is 6.17. The molecule has 0 saturated carbocycles. The van der Waals surface area contributed by atoms with Crippen molar-refractivity contribution >= 4 is 0 Å². The highest BCUT2D eigenvalue weighted by molar-refractivity contribution is 5.72. The molecule has 1 N–H and O–H groups in total. The van der Waals surface area contributed by atoms with Gasteiger partial charge in [0, 0.05) is 6.07 Å². The van der Waals surface area contributed by atoms with E-state index in [1.54, 1.807) is 0 Å². The third kappa shape index (κ3) is 3.26. The second-order valence-electron chi connectivity index (χ2n) is 6.17. The molecule has 3 aromatic carbocycles. The molecule has 4 rings (SSSR count). The zero-order chi connectivity index (χ0) is 18.1. The maximum absolute atomic E-state index is 13.5. The molecule has 0 amide bonds. The monoisotopic (exact) mass is 354 g/mol. The summed E-state index contributed by atoms with van der Waals surface area (Å²) in [4.78, 5) is 0. The standard InChI is InChI=1S/C21H16F2O3/c22-17-6-14(7-18(23)9-17)5-16-8-20-21(26-12-25-20)10-19(16)15-3-1-13(11-24)2-4-15/h1-4,6-10,24H,5,11-12H2. The lowest BCUT2D eigenvalue weighted by Gasteiger charge is -2.12. The third-order valence-electron chi connectivity index (χ3n) is 4.36. The van der Waals surface area contributed by atoms with Gasteiger partial charge in [0.05, 0.1) is 6.61 Å². The molecule has 132 valence electrons. The Morgan fingerprint density at radius 3 is 2.12 bits per heavy atom. The lowest BCUT2D eigenvalue weighted by atomic mass is 9.93. The fourth-order valence-corrected chi connectivity index (χ4v) is 3.12. The normalized spacial score (nSPS) is 12.4. The first-order valence-corrected chi connectivity index (χ1v) is 8.20. The summed E-state index contributed by atoms with van der Waals surface area (Å²) in [5, 5.41) is 9.22. The van der Waals surface area contributed by atoms with Crippen LogP contribution in [-0.4, -0.2) is 11.9 Å². The number of fused-ring (bicyclic) bond motifs is 1. The van der Waals surface area contributed by atoms with E-state index >= 15 is 0 Å². The van der Waals surface area contributed by atoms with Crippen LogP contribution in [-0.2, 0) is 13.0 Å². The van der Waals surface area contributed by atoms with Gasteiger partial charge in [0.2, 0.25) is 6.79 Å². The average Bonchev–Trinajstić information content (AvgIpc) is 3.07. The maximum Gasteiger partial charge on any atom is 0.231 e. The maximum atomic E-state index is 13.5. The molecular formula is C21H16F2O3. The first-order valence-electron chi connectivity index (χ1n) is 8.20. The zero-order valence-corrected chi connectivity index (χ0v) is 13.8. The topological polar surface area (TPSA) is 38.7 Å². The molecule has 0 bridgehead atoms. The van der Waals surface area contributed by atoms with Gasteiger partial charge in [-0.1, -0.05) is 24.3 Å². The summed E-state index contributed by atoms with van der Waals surface area (Å²) >= 11 is 0. The minimum absolute atomic E-state index is 0.0309. The molecule has 1 heterocycles. The molecule has 26 heavy (non-hydrogen) atoms. The van der Waals surface area contributed by atoms with E-state index in [0.717, 1.165) is 28.3 Å². The molecule has 1 aliphatic heterocycles. The lowest BCUT2D eigenvalue weighted by Crippen LogP contribution is -1.95. The van der Waals surface area contributed by atoms with E-state index < -0.39 is 11.6 Å². The van der Waals surface area contributed by atoms with Crippen molar-refractivity contribution < 1.29 is 23.4 Å². The van der Waals surface area contributed by atoms with Gasteiger partial charge in [-0.3, -0.25) is 0 Å². The highest BCUT2D eigenvalue weighted by Crippen LogP contribution is 2.39.